The number of nitrogens with zero attached hydrogens (tertiary/aromatic N) is 1. The summed E-state index contributed by atoms with van der Waals surface area (Å²) in [5, 5.41) is 0.789. The van der Waals surface area contributed by atoms with E-state index in [0.29, 0.717) is 17.8 Å². The van der Waals surface area contributed by atoms with Gasteiger partial charge in [0.25, 0.3) is 0 Å². The van der Waals surface area contributed by atoms with E-state index in [9.17, 15) is 0 Å². The van der Waals surface area contributed by atoms with Crippen molar-refractivity contribution >= 4 is 28.9 Å². The van der Waals surface area contributed by atoms with Crippen LogP contribution in [0.3, 0.4) is 0 Å². The summed E-state index contributed by atoms with van der Waals surface area (Å²) in [5.41, 5.74) is 2.39. The van der Waals surface area contributed by atoms with Crippen molar-refractivity contribution in [3.63, 3.8) is 0 Å². The fourth-order valence-electron chi connectivity index (χ4n) is 2.95. The number of hydrogen-bond acceptors (Lipinski definition) is 1. The lowest BCUT2D eigenvalue weighted by molar-refractivity contribution is 0.297. The maximum Gasteiger partial charge on any atom is 0.0494 e. The molecule has 0 aromatic heterocycles. The molecule has 0 saturated carbocycles. The average Bonchev–Trinajstić information content (AvgIpc) is 2.33. The van der Waals surface area contributed by atoms with Gasteiger partial charge in [0.2, 0.25) is 0 Å². The Kier molecular flexibility index (Phi) is 4.45. The topological polar surface area (TPSA) is 3.24 Å². The van der Waals surface area contributed by atoms with Crippen LogP contribution in [0.25, 0.3) is 0 Å². The van der Waals surface area contributed by atoms with Gasteiger partial charge in [-0.1, -0.05) is 31.5 Å². The molecule has 1 heterocycles. The summed E-state index contributed by atoms with van der Waals surface area (Å²) in [6.45, 7) is 8.05. The molecule has 0 bridgehead atoms. The highest BCUT2D eigenvalue weighted by Gasteiger charge is 2.29. The molecule has 18 heavy (non-hydrogen) atoms. The number of rotatable bonds is 2. The maximum atomic E-state index is 6.14. The summed E-state index contributed by atoms with van der Waals surface area (Å²) in [6.07, 6.45) is 1.30. The predicted molar refractivity (Wildman–Crippen MR) is 80.8 cm³/mol. The highest BCUT2D eigenvalue weighted by molar-refractivity contribution is 6.31. The third-order valence-electron chi connectivity index (χ3n) is 4.10. The van der Waals surface area contributed by atoms with Crippen LogP contribution in [0.2, 0.25) is 5.02 Å². The van der Waals surface area contributed by atoms with Crippen LogP contribution in [0, 0.1) is 11.8 Å². The van der Waals surface area contributed by atoms with Crippen molar-refractivity contribution in [1.82, 2.24) is 0 Å². The minimum atomic E-state index is 0.540. The summed E-state index contributed by atoms with van der Waals surface area (Å²) in [7, 11) is 0. The summed E-state index contributed by atoms with van der Waals surface area (Å²) < 4.78 is 0. The van der Waals surface area contributed by atoms with E-state index in [1.807, 2.05) is 12.1 Å². The Labute approximate surface area is 120 Å². The third kappa shape index (κ3) is 2.78. The van der Waals surface area contributed by atoms with E-state index in [1.54, 1.807) is 0 Å². The summed E-state index contributed by atoms with van der Waals surface area (Å²) >= 11 is 12.2. The Bertz CT molecular complexity index is 419. The molecule has 1 nitrogen and oxygen atoms in total. The van der Waals surface area contributed by atoms with Crippen LogP contribution in [-0.2, 0) is 5.88 Å². The van der Waals surface area contributed by atoms with E-state index < -0.39 is 0 Å². The number of anilines is 1. The van der Waals surface area contributed by atoms with Gasteiger partial charge >= 0.3 is 0 Å². The molecule has 3 unspecified atom stereocenters. The van der Waals surface area contributed by atoms with Crippen molar-refractivity contribution in [3.05, 3.63) is 28.8 Å². The monoisotopic (exact) mass is 285 g/mol. The van der Waals surface area contributed by atoms with Crippen LogP contribution in [0.5, 0.6) is 0 Å². The molecule has 0 spiro atoms. The fraction of sp³-hybridized carbons (Fsp3) is 0.600. The third-order valence-corrected chi connectivity index (χ3v) is 4.62. The van der Waals surface area contributed by atoms with E-state index in [4.69, 9.17) is 23.2 Å². The molecular formula is C15H21Cl2N. The van der Waals surface area contributed by atoms with Gasteiger partial charge in [0.15, 0.2) is 0 Å². The molecular weight excluding hydrogens is 265 g/mol. The number of piperidine rings is 1. The van der Waals surface area contributed by atoms with Crippen molar-refractivity contribution in [3.8, 4) is 0 Å². The van der Waals surface area contributed by atoms with Crippen LogP contribution in [-0.4, -0.2) is 12.6 Å². The van der Waals surface area contributed by atoms with Crippen molar-refractivity contribution < 1.29 is 0 Å². The van der Waals surface area contributed by atoms with Gasteiger partial charge in [-0.25, -0.2) is 0 Å². The van der Waals surface area contributed by atoms with Gasteiger partial charge in [0.1, 0.15) is 0 Å². The van der Waals surface area contributed by atoms with Gasteiger partial charge in [0, 0.05) is 29.2 Å². The standard InChI is InChI=1S/C15H21Cl2N/c1-10-6-11(2)12(3)18(9-10)15-7-14(17)5-4-13(15)8-16/h4-5,7,10-12H,6,8-9H2,1-3H3. The van der Waals surface area contributed by atoms with Gasteiger partial charge in [-0.3, -0.25) is 0 Å². The normalized spacial score (nSPS) is 28.5. The maximum absolute atomic E-state index is 6.14. The molecule has 1 saturated heterocycles. The minimum absolute atomic E-state index is 0.540. The first-order valence-electron chi connectivity index (χ1n) is 6.64. The number of hydrogen-bond donors (Lipinski definition) is 0. The highest BCUT2D eigenvalue weighted by atomic mass is 35.5. The zero-order valence-electron chi connectivity index (χ0n) is 11.3. The lowest BCUT2D eigenvalue weighted by Crippen LogP contribution is -2.46. The number of benzene rings is 1. The first-order valence-corrected chi connectivity index (χ1v) is 7.55. The summed E-state index contributed by atoms with van der Waals surface area (Å²) in [4.78, 5) is 2.47. The molecule has 1 aliphatic heterocycles. The molecule has 0 N–H and O–H groups in total. The minimum Gasteiger partial charge on any atom is -0.368 e. The first kappa shape index (κ1) is 14.0. The van der Waals surface area contributed by atoms with Gasteiger partial charge in [-0.2, -0.15) is 0 Å². The second kappa shape index (κ2) is 5.71. The van der Waals surface area contributed by atoms with Crippen LogP contribution >= 0.6 is 23.2 Å². The van der Waals surface area contributed by atoms with Crippen LogP contribution in [0.15, 0.2) is 18.2 Å². The number of halogens is 2. The molecule has 0 radical (unpaired) electrons. The second-order valence-corrected chi connectivity index (χ2v) is 6.32. The Morgan fingerprint density at radius 2 is 2.00 bits per heavy atom. The lowest BCUT2D eigenvalue weighted by atomic mass is 9.85. The van der Waals surface area contributed by atoms with E-state index in [1.165, 1.54) is 17.7 Å². The smallest absolute Gasteiger partial charge is 0.0494 e. The highest BCUT2D eigenvalue weighted by Crippen LogP contribution is 2.35. The van der Waals surface area contributed by atoms with Gasteiger partial charge in [-0.15, -0.1) is 11.6 Å². The molecule has 1 aromatic carbocycles. The van der Waals surface area contributed by atoms with Crippen LogP contribution in [0.1, 0.15) is 32.8 Å². The van der Waals surface area contributed by atoms with Gasteiger partial charge in [0.05, 0.1) is 0 Å². The molecule has 3 heteroatoms. The van der Waals surface area contributed by atoms with E-state index in [-0.39, 0.29) is 0 Å². The van der Waals surface area contributed by atoms with Crippen LogP contribution < -0.4 is 4.90 Å². The number of alkyl halides is 1. The van der Waals surface area contributed by atoms with Crippen molar-refractivity contribution in [2.45, 2.75) is 39.1 Å². The average molecular weight is 286 g/mol. The molecule has 0 aliphatic carbocycles. The zero-order valence-corrected chi connectivity index (χ0v) is 12.8. The molecule has 1 aromatic rings. The fourth-order valence-corrected chi connectivity index (χ4v) is 3.34. The zero-order chi connectivity index (χ0) is 13.3. The first-order chi connectivity index (χ1) is 8.52. The molecule has 3 atom stereocenters. The van der Waals surface area contributed by atoms with E-state index in [2.05, 4.69) is 31.7 Å². The Hall–Kier alpha value is -0.400. The predicted octanol–water partition coefficient (Wildman–Crippen LogP) is 4.95. The molecule has 0 amide bonds. The van der Waals surface area contributed by atoms with Gasteiger partial charge in [-0.05, 0) is 42.9 Å². The molecule has 1 aliphatic rings. The lowest BCUT2D eigenvalue weighted by Gasteiger charge is -2.43. The Balaban J connectivity index is 2.37. The Morgan fingerprint density at radius 3 is 2.67 bits per heavy atom. The quantitative estimate of drug-likeness (QED) is 0.695. The Morgan fingerprint density at radius 1 is 1.28 bits per heavy atom. The molecule has 2 rings (SSSR count). The summed E-state index contributed by atoms with van der Waals surface area (Å²) in [5.74, 6) is 1.97. The van der Waals surface area contributed by atoms with E-state index in [0.717, 1.165) is 17.5 Å². The SMILES string of the molecule is CC1CC(C)C(C)N(c2cc(Cl)ccc2CCl)C1. The van der Waals surface area contributed by atoms with Crippen molar-refractivity contribution in [2.75, 3.05) is 11.4 Å². The molecule has 1 fully saturated rings. The van der Waals surface area contributed by atoms with Crippen molar-refractivity contribution in [2.24, 2.45) is 11.8 Å². The van der Waals surface area contributed by atoms with E-state index >= 15 is 0 Å². The molecule has 100 valence electrons. The largest absolute Gasteiger partial charge is 0.368 e. The van der Waals surface area contributed by atoms with Gasteiger partial charge < -0.3 is 4.90 Å². The van der Waals surface area contributed by atoms with Crippen molar-refractivity contribution in [1.29, 1.82) is 0 Å². The summed E-state index contributed by atoms with van der Waals surface area (Å²) in [6, 6.07) is 6.56. The second-order valence-electron chi connectivity index (χ2n) is 5.62. The van der Waals surface area contributed by atoms with Crippen LogP contribution in [0.4, 0.5) is 5.69 Å².